The Hall–Kier alpha value is -1.51. The molecule has 70 valence electrons. The van der Waals surface area contributed by atoms with Gasteiger partial charge in [0.05, 0.1) is 6.61 Å². The summed E-state index contributed by atoms with van der Waals surface area (Å²) in [6, 6.07) is 3.66. The van der Waals surface area contributed by atoms with Gasteiger partial charge in [0.15, 0.2) is 0 Å². The zero-order valence-electron chi connectivity index (χ0n) is 7.69. The van der Waals surface area contributed by atoms with Crippen molar-refractivity contribution in [1.29, 1.82) is 0 Å². The molecule has 0 saturated carbocycles. The monoisotopic (exact) mass is 179 g/mol. The Bertz CT molecular complexity index is 288. The molecule has 0 amide bonds. The number of hydrogen-bond donors (Lipinski definition) is 0. The number of aromatic nitrogens is 1. The lowest BCUT2D eigenvalue weighted by molar-refractivity contribution is -0.137. The lowest BCUT2D eigenvalue weighted by Gasteiger charge is -2.06. The van der Waals surface area contributed by atoms with Crippen molar-refractivity contribution < 1.29 is 9.53 Å². The Labute approximate surface area is 77.6 Å². The van der Waals surface area contributed by atoms with E-state index in [0.717, 1.165) is 6.42 Å². The highest BCUT2D eigenvalue weighted by Crippen LogP contribution is 2.04. The van der Waals surface area contributed by atoms with E-state index in [1.807, 2.05) is 19.1 Å². The van der Waals surface area contributed by atoms with Crippen molar-refractivity contribution in [3.05, 3.63) is 31.1 Å². The van der Waals surface area contributed by atoms with E-state index in [0.29, 0.717) is 12.3 Å². The van der Waals surface area contributed by atoms with Gasteiger partial charge in [0.1, 0.15) is 5.70 Å². The normalized spacial score (nSPS) is 9.62. The molecule has 0 aliphatic heterocycles. The second-order valence-corrected chi connectivity index (χ2v) is 2.67. The van der Waals surface area contributed by atoms with Crippen LogP contribution in [-0.2, 0) is 9.53 Å². The van der Waals surface area contributed by atoms with E-state index in [1.165, 1.54) is 0 Å². The smallest absolute Gasteiger partial charge is 0.354 e. The largest absolute Gasteiger partial charge is 0.461 e. The molecule has 13 heavy (non-hydrogen) atoms. The summed E-state index contributed by atoms with van der Waals surface area (Å²) in [5.74, 6) is -0.363. The topological polar surface area (TPSA) is 31.2 Å². The molecule has 0 unspecified atom stereocenters. The molecule has 1 rings (SSSR count). The van der Waals surface area contributed by atoms with Crippen molar-refractivity contribution in [2.45, 2.75) is 13.3 Å². The van der Waals surface area contributed by atoms with Crippen molar-refractivity contribution in [3.63, 3.8) is 0 Å². The summed E-state index contributed by atoms with van der Waals surface area (Å²) in [5, 5.41) is 0. The first-order chi connectivity index (χ1) is 6.25. The van der Waals surface area contributed by atoms with Crippen LogP contribution in [0.2, 0.25) is 0 Å². The molecule has 3 heteroatoms. The van der Waals surface area contributed by atoms with Crippen molar-refractivity contribution in [1.82, 2.24) is 4.57 Å². The molecule has 0 aliphatic rings. The van der Waals surface area contributed by atoms with Gasteiger partial charge in [-0.05, 0) is 18.6 Å². The minimum atomic E-state index is -0.363. The van der Waals surface area contributed by atoms with Gasteiger partial charge in [-0.25, -0.2) is 4.79 Å². The zero-order chi connectivity index (χ0) is 9.68. The third-order valence-corrected chi connectivity index (χ3v) is 1.59. The van der Waals surface area contributed by atoms with E-state index in [2.05, 4.69) is 6.58 Å². The van der Waals surface area contributed by atoms with Crippen LogP contribution in [-0.4, -0.2) is 17.1 Å². The van der Waals surface area contributed by atoms with Crippen LogP contribution in [0.3, 0.4) is 0 Å². The van der Waals surface area contributed by atoms with Crippen molar-refractivity contribution in [2.75, 3.05) is 6.61 Å². The van der Waals surface area contributed by atoms with Crippen LogP contribution >= 0.6 is 0 Å². The van der Waals surface area contributed by atoms with Crippen LogP contribution in [0.5, 0.6) is 0 Å². The Morgan fingerprint density at radius 3 is 2.62 bits per heavy atom. The third-order valence-electron chi connectivity index (χ3n) is 1.59. The molecule has 1 heterocycles. The second kappa shape index (κ2) is 4.50. The zero-order valence-corrected chi connectivity index (χ0v) is 7.69. The summed E-state index contributed by atoms with van der Waals surface area (Å²) in [6.07, 6.45) is 4.34. The lowest BCUT2D eigenvalue weighted by atomic mass is 10.4. The Morgan fingerprint density at radius 1 is 1.46 bits per heavy atom. The van der Waals surface area contributed by atoms with Gasteiger partial charge in [-0.2, -0.15) is 0 Å². The second-order valence-electron chi connectivity index (χ2n) is 2.67. The number of carbonyl (C=O) groups excluding carboxylic acids is 1. The molecule has 0 aromatic carbocycles. The number of ether oxygens (including phenoxy) is 1. The summed E-state index contributed by atoms with van der Waals surface area (Å²) < 4.78 is 6.55. The third kappa shape index (κ3) is 2.47. The van der Waals surface area contributed by atoms with Gasteiger partial charge >= 0.3 is 5.97 Å². The Balaban J connectivity index is 2.53. The summed E-state index contributed by atoms with van der Waals surface area (Å²) in [4.78, 5) is 11.3. The number of hydrogen-bond acceptors (Lipinski definition) is 2. The molecule has 0 atom stereocenters. The van der Waals surface area contributed by atoms with Gasteiger partial charge in [-0.15, -0.1) is 0 Å². The lowest BCUT2D eigenvalue weighted by Crippen LogP contribution is -2.10. The highest BCUT2D eigenvalue weighted by molar-refractivity contribution is 6.09. The van der Waals surface area contributed by atoms with Gasteiger partial charge in [-0.3, -0.25) is 0 Å². The number of nitrogens with zero attached hydrogens (tertiary/aromatic N) is 1. The Morgan fingerprint density at radius 2 is 2.08 bits per heavy atom. The van der Waals surface area contributed by atoms with E-state index in [-0.39, 0.29) is 5.97 Å². The van der Waals surface area contributed by atoms with Crippen molar-refractivity contribution in [3.8, 4) is 0 Å². The fourth-order valence-electron chi connectivity index (χ4n) is 0.898. The molecule has 0 aliphatic carbocycles. The summed E-state index contributed by atoms with van der Waals surface area (Å²) >= 11 is 0. The van der Waals surface area contributed by atoms with Crippen molar-refractivity contribution >= 4 is 11.7 Å². The van der Waals surface area contributed by atoms with E-state index in [4.69, 9.17) is 4.74 Å². The molecule has 0 bridgehead atoms. The molecular formula is C10H13NO2. The van der Waals surface area contributed by atoms with Crippen LogP contribution in [0.1, 0.15) is 13.3 Å². The minimum Gasteiger partial charge on any atom is -0.461 e. The van der Waals surface area contributed by atoms with Gasteiger partial charge in [-0.1, -0.05) is 13.5 Å². The van der Waals surface area contributed by atoms with E-state index in [1.54, 1.807) is 17.0 Å². The fourth-order valence-corrected chi connectivity index (χ4v) is 0.898. The fraction of sp³-hybridized carbons (Fsp3) is 0.300. The first kappa shape index (κ1) is 9.58. The molecule has 3 nitrogen and oxygen atoms in total. The average molecular weight is 179 g/mol. The first-order valence-electron chi connectivity index (χ1n) is 4.25. The standard InChI is InChI=1S/C10H13NO2/c1-3-8-13-10(12)9(2)11-6-4-5-7-11/h4-7H,2-3,8H2,1H3. The molecule has 1 aromatic heterocycles. The summed E-state index contributed by atoms with van der Waals surface area (Å²) in [6.45, 7) is 6.03. The summed E-state index contributed by atoms with van der Waals surface area (Å²) in [7, 11) is 0. The van der Waals surface area contributed by atoms with Crippen molar-refractivity contribution in [2.24, 2.45) is 0 Å². The van der Waals surface area contributed by atoms with Crippen LogP contribution in [0.15, 0.2) is 31.1 Å². The van der Waals surface area contributed by atoms with Crippen LogP contribution < -0.4 is 0 Å². The molecular weight excluding hydrogens is 166 g/mol. The molecule has 0 saturated heterocycles. The van der Waals surface area contributed by atoms with Crippen LogP contribution in [0.4, 0.5) is 0 Å². The maximum Gasteiger partial charge on any atom is 0.354 e. The number of carbonyl (C=O) groups is 1. The predicted octanol–water partition coefficient (Wildman–Crippen LogP) is 1.91. The molecule has 0 N–H and O–H groups in total. The number of esters is 1. The molecule has 0 radical (unpaired) electrons. The van der Waals surface area contributed by atoms with Crippen LogP contribution in [0, 0.1) is 0 Å². The molecule has 0 fully saturated rings. The van der Waals surface area contributed by atoms with E-state index >= 15 is 0 Å². The quantitative estimate of drug-likeness (QED) is 0.522. The SMILES string of the molecule is C=C(C(=O)OCCC)n1cccc1. The van der Waals surface area contributed by atoms with E-state index in [9.17, 15) is 4.79 Å². The number of rotatable bonds is 4. The molecule has 0 spiro atoms. The van der Waals surface area contributed by atoms with E-state index < -0.39 is 0 Å². The van der Waals surface area contributed by atoms with Gasteiger partial charge in [0.2, 0.25) is 0 Å². The van der Waals surface area contributed by atoms with Gasteiger partial charge in [0.25, 0.3) is 0 Å². The molecule has 1 aromatic rings. The highest BCUT2D eigenvalue weighted by Gasteiger charge is 2.08. The van der Waals surface area contributed by atoms with Crippen LogP contribution in [0.25, 0.3) is 5.70 Å². The predicted molar refractivity (Wildman–Crippen MR) is 51.0 cm³/mol. The Kier molecular flexibility index (Phi) is 3.31. The maximum absolute atomic E-state index is 11.3. The van der Waals surface area contributed by atoms with Gasteiger partial charge in [0, 0.05) is 12.4 Å². The summed E-state index contributed by atoms with van der Waals surface area (Å²) in [5.41, 5.74) is 0.346. The first-order valence-corrected chi connectivity index (χ1v) is 4.25. The average Bonchev–Trinajstić information content (AvgIpc) is 2.65. The minimum absolute atomic E-state index is 0.346. The maximum atomic E-state index is 11.3. The van der Waals surface area contributed by atoms with Gasteiger partial charge < -0.3 is 9.30 Å². The highest BCUT2D eigenvalue weighted by atomic mass is 16.5.